The summed E-state index contributed by atoms with van der Waals surface area (Å²) in [5.74, 6) is -1.22. The van der Waals surface area contributed by atoms with E-state index in [1.54, 1.807) is 60.7 Å². The number of benzene rings is 3. The molecular formula is C25H22BrN3O6. The summed E-state index contributed by atoms with van der Waals surface area (Å²) in [5.41, 5.74) is 3.50. The summed E-state index contributed by atoms with van der Waals surface area (Å²) < 4.78 is 16.7. The topological polar surface area (TPSA) is 115 Å². The molecule has 2 amide bonds. The highest BCUT2D eigenvalue weighted by molar-refractivity contribution is 9.10. The number of esters is 1. The molecule has 9 nitrogen and oxygen atoms in total. The fourth-order valence-corrected chi connectivity index (χ4v) is 3.28. The predicted octanol–water partition coefficient (Wildman–Crippen LogP) is 4.16. The molecule has 0 spiro atoms. The number of carbonyl (C=O) groups is 3. The number of ether oxygens (including phenoxy) is 3. The van der Waals surface area contributed by atoms with E-state index in [0.29, 0.717) is 33.6 Å². The van der Waals surface area contributed by atoms with Gasteiger partial charge in [-0.2, -0.15) is 5.10 Å². The van der Waals surface area contributed by atoms with Crippen molar-refractivity contribution in [3.05, 3.63) is 82.3 Å². The molecule has 0 radical (unpaired) electrons. The molecule has 0 unspecified atom stereocenters. The summed E-state index contributed by atoms with van der Waals surface area (Å²) in [5, 5.41) is 6.26. The highest BCUT2D eigenvalue weighted by Gasteiger charge is 2.16. The van der Waals surface area contributed by atoms with Crippen LogP contribution >= 0.6 is 15.9 Å². The Labute approximate surface area is 210 Å². The minimum absolute atomic E-state index is 0.212. The lowest BCUT2D eigenvalue weighted by atomic mass is 10.2. The summed E-state index contributed by atoms with van der Waals surface area (Å²) in [4.78, 5) is 36.5. The molecule has 3 aromatic rings. The minimum Gasteiger partial charge on any atom is -0.494 e. The van der Waals surface area contributed by atoms with Gasteiger partial charge < -0.3 is 19.5 Å². The Morgan fingerprint density at radius 1 is 0.971 bits per heavy atom. The normalized spacial score (nSPS) is 10.5. The number of carbonyl (C=O) groups excluding carboxylic acids is 3. The average molecular weight is 540 g/mol. The summed E-state index contributed by atoms with van der Waals surface area (Å²) in [6.07, 6.45) is 1.32. The lowest BCUT2D eigenvalue weighted by Gasteiger charge is -2.10. The van der Waals surface area contributed by atoms with Crippen LogP contribution in [0.3, 0.4) is 0 Å². The third-order valence-electron chi connectivity index (χ3n) is 4.49. The maximum atomic E-state index is 12.5. The van der Waals surface area contributed by atoms with Gasteiger partial charge in [0.25, 0.3) is 0 Å². The lowest BCUT2D eigenvalue weighted by molar-refractivity contribution is -0.136. The highest BCUT2D eigenvalue weighted by atomic mass is 79.9. The molecule has 0 aliphatic carbocycles. The Kier molecular flexibility index (Phi) is 8.96. The van der Waals surface area contributed by atoms with Gasteiger partial charge in [0, 0.05) is 10.2 Å². The van der Waals surface area contributed by atoms with Crippen LogP contribution in [0.4, 0.5) is 5.69 Å². The van der Waals surface area contributed by atoms with Crippen LogP contribution in [0.5, 0.6) is 17.2 Å². The largest absolute Gasteiger partial charge is 0.494 e. The summed E-state index contributed by atoms with van der Waals surface area (Å²) >= 11 is 3.32. The van der Waals surface area contributed by atoms with Crippen molar-refractivity contribution in [3.8, 4) is 17.2 Å². The zero-order valence-electron chi connectivity index (χ0n) is 18.9. The van der Waals surface area contributed by atoms with Gasteiger partial charge in [0.05, 0.1) is 25.5 Å². The second-order valence-electron chi connectivity index (χ2n) is 6.89. The van der Waals surface area contributed by atoms with Gasteiger partial charge in [-0.15, -0.1) is 0 Å². The van der Waals surface area contributed by atoms with Crippen molar-refractivity contribution in [2.75, 3.05) is 19.0 Å². The van der Waals surface area contributed by atoms with Crippen LogP contribution in [-0.4, -0.2) is 37.7 Å². The maximum absolute atomic E-state index is 12.5. The monoisotopic (exact) mass is 539 g/mol. The Morgan fingerprint density at radius 2 is 1.71 bits per heavy atom. The van der Waals surface area contributed by atoms with E-state index in [4.69, 9.17) is 14.2 Å². The standard InChI is InChI=1S/C25H22BrN3O6/c1-3-34-18-11-9-17(10-12-18)28-23(30)24(31)29-27-15-16-8-13-21(22(14-16)33-2)35-25(32)19-6-4-5-7-20(19)26/h4-15H,3H2,1-2H3,(H,28,30)(H,29,31)/b27-15+. The lowest BCUT2D eigenvalue weighted by Crippen LogP contribution is -2.32. The molecule has 3 rings (SSSR count). The Morgan fingerprint density at radius 3 is 2.40 bits per heavy atom. The van der Waals surface area contributed by atoms with Crippen molar-refractivity contribution in [2.45, 2.75) is 6.92 Å². The van der Waals surface area contributed by atoms with Crippen LogP contribution < -0.4 is 25.0 Å². The molecule has 0 aromatic heterocycles. The number of methoxy groups -OCH3 is 1. The molecule has 0 atom stereocenters. The number of nitrogens with one attached hydrogen (secondary N) is 2. The minimum atomic E-state index is -0.943. The first-order chi connectivity index (χ1) is 16.9. The van der Waals surface area contributed by atoms with Gasteiger partial charge in [0.15, 0.2) is 11.5 Å². The second-order valence-corrected chi connectivity index (χ2v) is 7.74. The maximum Gasteiger partial charge on any atom is 0.344 e. The number of anilines is 1. The van der Waals surface area contributed by atoms with Crippen LogP contribution in [0.2, 0.25) is 0 Å². The fraction of sp³-hybridized carbons (Fsp3) is 0.120. The first kappa shape index (κ1) is 25.4. The van der Waals surface area contributed by atoms with E-state index in [-0.39, 0.29) is 11.5 Å². The number of amides is 2. The van der Waals surface area contributed by atoms with E-state index >= 15 is 0 Å². The van der Waals surface area contributed by atoms with E-state index in [1.807, 2.05) is 6.92 Å². The molecule has 180 valence electrons. The van der Waals surface area contributed by atoms with Gasteiger partial charge >= 0.3 is 17.8 Å². The Balaban J connectivity index is 1.58. The smallest absolute Gasteiger partial charge is 0.344 e. The number of hydrogen-bond donors (Lipinski definition) is 2. The molecule has 2 N–H and O–H groups in total. The van der Waals surface area contributed by atoms with Crippen molar-refractivity contribution in [3.63, 3.8) is 0 Å². The molecule has 0 saturated heterocycles. The fourth-order valence-electron chi connectivity index (χ4n) is 2.84. The van der Waals surface area contributed by atoms with Crippen LogP contribution in [0.25, 0.3) is 0 Å². The molecule has 10 heteroatoms. The van der Waals surface area contributed by atoms with E-state index in [9.17, 15) is 14.4 Å². The van der Waals surface area contributed by atoms with Gasteiger partial charge in [-0.05, 0) is 83.0 Å². The molecule has 0 fully saturated rings. The van der Waals surface area contributed by atoms with Gasteiger partial charge in [-0.3, -0.25) is 9.59 Å². The quantitative estimate of drug-likeness (QED) is 0.146. The zero-order valence-corrected chi connectivity index (χ0v) is 20.5. The van der Waals surface area contributed by atoms with Crippen LogP contribution in [0.15, 0.2) is 76.3 Å². The van der Waals surface area contributed by atoms with Crippen molar-refractivity contribution in [2.24, 2.45) is 5.10 Å². The number of hydrazone groups is 1. The first-order valence-electron chi connectivity index (χ1n) is 10.4. The predicted molar refractivity (Wildman–Crippen MR) is 134 cm³/mol. The zero-order chi connectivity index (χ0) is 25.2. The number of rotatable bonds is 8. The molecule has 0 aliphatic rings. The van der Waals surface area contributed by atoms with E-state index < -0.39 is 17.8 Å². The molecule has 0 heterocycles. The SMILES string of the molecule is CCOc1ccc(NC(=O)C(=O)N/N=C/c2ccc(OC(=O)c3ccccc3Br)c(OC)c2)cc1. The summed E-state index contributed by atoms with van der Waals surface area (Å²) in [6.45, 7) is 2.39. The number of hydrogen-bond acceptors (Lipinski definition) is 7. The van der Waals surface area contributed by atoms with Crippen LogP contribution in [0.1, 0.15) is 22.8 Å². The van der Waals surface area contributed by atoms with E-state index in [1.165, 1.54) is 19.4 Å². The summed E-state index contributed by atoms with van der Waals surface area (Å²) in [6, 6.07) is 18.2. The third-order valence-corrected chi connectivity index (χ3v) is 5.18. The van der Waals surface area contributed by atoms with Gasteiger partial charge in [-0.25, -0.2) is 10.2 Å². The van der Waals surface area contributed by atoms with Crippen LogP contribution in [0, 0.1) is 0 Å². The Hall–Kier alpha value is -4.18. The van der Waals surface area contributed by atoms with Crippen molar-refractivity contribution in [1.82, 2.24) is 5.43 Å². The molecule has 0 bridgehead atoms. The van der Waals surface area contributed by atoms with Crippen molar-refractivity contribution in [1.29, 1.82) is 0 Å². The third kappa shape index (κ3) is 7.15. The van der Waals surface area contributed by atoms with Gasteiger partial charge in [-0.1, -0.05) is 12.1 Å². The Bertz CT molecular complexity index is 1240. The van der Waals surface area contributed by atoms with Crippen molar-refractivity contribution < 1.29 is 28.6 Å². The first-order valence-corrected chi connectivity index (χ1v) is 11.2. The van der Waals surface area contributed by atoms with Gasteiger partial charge in [0.1, 0.15) is 5.75 Å². The second kappa shape index (κ2) is 12.3. The number of halogens is 1. The van der Waals surface area contributed by atoms with Crippen LogP contribution in [-0.2, 0) is 9.59 Å². The molecule has 0 aliphatic heterocycles. The number of nitrogens with zero attached hydrogens (tertiary/aromatic N) is 1. The summed E-state index contributed by atoms with van der Waals surface area (Å²) in [7, 11) is 1.43. The molecule has 3 aromatic carbocycles. The van der Waals surface area contributed by atoms with E-state index in [2.05, 4.69) is 31.8 Å². The molecule has 0 saturated carbocycles. The molecule has 35 heavy (non-hydrogen) atoms. The average Bonchev–Trinajstić information content (AvgIpc) is 2.86. The van der Waals surface area contributed by atoms with Gasteiger partial charge in [0.2, 0.25) is 0 Å². The van der Waals surface area contributed by atoms with Crippen molar-refractivity contribution >= 4 is 45.6 Å². The van der Waals surface area contributed by atoms with E-state index in [0.717, 1.165) is 0 Å². The highest BCUT2D eigenvalue weighted by Crippen LogP contribution is 2.29. The molecular weight excluding hydrogens is 518 g/mol.